The summed E-state index contributed by atoms with van der Waals surface area (Å²) in [5, 5.41) is 10.1. The Hall–Kier alpha value is -4.54. The van der Waals surface area contributed by atoms with E-state index in [1.165, 1.54) is 13.2 Å². The standard InChI is InChI=1S/C34H30ClF2N3O5/c1-34(2)18-44-17-30(34)40-28-12-19(33(41)42)8-10-27(28)38-31(40)13-21-11-25(37)23(15-24(21)36)26-5-4-6-32(39-26)45-16-20-7-9-22(35)14-29(20)43-3/h4-12,14-15,30H,13,16-18H2,1-3H3,(H,41,42). The molecule has 0 radical (unpaired) electrons. The van der Waals surface area contributed by atoms with Crippen LogP contribution in [0, 0.1) is 17.0 Å². The smallest absolute Gasteiger partial charge is 0.335 e. The third-order valence-corrected chi connectivity index (χ3v) is 8.32. The van der Waals surface area contributed by atoms with Crippen molar-refractivity contribution in [2.24, 2.45) is 5.41 Å². The molecule has 2 aromatic heterocycles. The summed E-state index contributed by atoms with van der Waals surface area (Å²) in [6.07, 6.45) is -0.0216. The lowest BCUT2D eigenvalue weighted by atomic mass is 9.87. The van der Waals surface area contributed by atoms with Crippen molar-refractivity contribution >= 4 is 28.6 Å². The van der Waals surface area contributed by atoms with E-state index in [0.29, 0.717) is 40.8 Å². The van der Waals surface area contributed by atoms with Gasteiger partial charge < -0.3 is 23.9 Å². The lowest BCUT2D eigenvalue weighted by Crippen LogP contribution is -2.27. The number of methoxy groups -OCH3 is 1. The number of ether oxygens (including phenoxy) is 3. The fourth-order valence-electron chi connectivity index (χ4n) is 5.65. The monoisotopic (exact) mass is 633 g/mol. The number of carbonyl (C=O) groups is 1. The highest BCUT2D eigenvalue weighted by Crippen LogP contribution is 2.40. The fourth-order valence-corrected chi connectivity index (χ4v) is 5.81. The quantitative estimate of drug-likeness (QED) is 0.180. The van der Waals surface area contributed by atoms with Crippen LogP contribution in [0.3, 0.4) is 0 Å². The van der Waals surface area contributed by atoms with Crippen LogP contribution < -0.4 is 9.47 Å². The molecule has 1 aliphatic rings. The summed E-state index contributed by atoms with van der Waals surface area (Å²) < 4.78 is 50.2. The van der Waals surface area contributed by atoms with Crippen LogP contribution in [0.5, 0.6) is 11.6 Å². The fraction of sp³-hybridized carbons (Fsp3) is 0.265. The number of benzene rings is 3. The second-order valence-corrected chi connectivity index (χ2v) is 12.1. The number of aromatic carboxylic acids is 1. The number of carboxylic acid groups (broad SMARTS) is 1. The molecule has 0 saturated carbocycles. The van der Waals surface area contributed by atoms with Crippen molar-refractivity contribution in [2.75, 3.05) is 20.3 Å². The number of rotatable bonds is 9. The minimum Gasteiger partial charge on any atom is -0.496 e. The summed E-state index contributed by atoms with van der Waals surface area (Å²) in [7, 11) is 1.53. The first-order valence-corrected chi connectivity index (χ1v) is 14.6. The van der Waals surface area contributed by atoms with Crippen molar-refractivity contribution in [2.45, 2.75) is 32.9 Å². The molecule has 1 aliphatic heterocycles. The molecule has 6 rings (SSSR count). The molecule has 0 amide bonds. The van der Waals surface area contributed by atoms with Crippen LogP contribution in [-0.2, 0) is 17.8 Å². The number of nitrogens with zero attached hydrogens (tertiary/aromatic N) is 3. The molecule has 0 bridgehead atoms. The van der Waals surface area contributed by atoms with Gasteiger partial charge in [-0.15, -0.1) is 0 Å². The molecule has 11 heteroatoms. The van der Waals surface area contributed by atoms with E-state index in [2.05, 4.69) is 4.98 Å². The van der Waals surface area contributed by atoms with Crippen LogP contribution in [0.1, 0.15) is 47.2 Å². The number of halogens is 3. The zero-order valence-corrected chi connectivity index (χ0v) is 25.6. The summed E-state index contributed by atoms with van der Waals surface area (Å²) in [6.45, 7) is 5.11. The van der Waals surface area contributed by atoms with Gasteiger partial charge in [-0.3, -0.25) is 0 Å². The largest absolute Gasteiger partial charge is 0.496 e. The SMILES string of the molecule is COc1cc(Cl)ccc1COc1cccc(-c2cc(F)c(Cc3nc4ccc(C(=O)O)cc4n3C3COCC3(C)C)cc2F)n1. The van der Waals surface area contributed by atoms with Gasteiger partial charge in [0.15, 0.2) is 0 Å². The van der Waals surface area contributed by atoms with E-state index in [9.17, 15) is 9.90 Å². The molecule has 5 aromatic rings. The Morgan fingerprint density at radius 1 is 1.07 bits per heavy atom. The lowest BCUT2D eigenvalue weighted by molar-refractivity contribution is 0.0697. The number of aromatic nitrogens is 3. The Morgan fingerprint density at radius 3 is 2.62 bits per heavy atom. The number of pyridine rings is 1. The van der Waals surface area contributed by atoms with E-state index in [4.69, 9.17) is 30.8 Å². The molecule has 8 nitrogen and oxygen atoms in total. The van der Waals surface area contributed by atoms with Gasteiger partial charge in [-0.05, 0) is 54.1 Å². The van der Waals surface area contributed by atoms with Gasteiger partial charge in [0.05, 0.1) is 48.7 Å². The zero-order chi connectivity index (χ0) is 31.9. The third kappa shape index (κ3) is 6.08. The Kier molecular flexibility index (Phi) is 8.20. The first kappa shape index (κ1) is 30.5. The Bertz CT molecular complexity index is 1930. The van der Waals surface area contributed by atoms with Crippen molar-refractivity contribution in [1.29, 1.82) is 0 Å². The van der Waals surface area contributed by atoms with Crippen molar-refractivity contribution in [3.63, 3.8) is 0 Å². The maximum absolute atomic E-state index is 15.7. The van der Waals surface area contributed by atoms with Crippen LogP contribution >= 0.6 is 11.6 Å². The minimum atomic E-state index is -1.07. The average Bonchev–Trinajstić information content (AvgIpc) is 3.55. The Labute approximate surface area is 263 Å². The minimum absolute atomic E-state index is 0.0179. The highest BCUT2D eigenvalue weighted by molar-refractivity contribution is 6.30. The highest BCUT2D eigenvalue weighted by atomic mass is 35.5. The van der Waals surface area contributed by atoms with Crippen LogP contribution in [0.4, 0.5) is 8.78 Å². The summed E-state index contributed by atoms with van der Waals surface area (Å²) >= 11 is 6.04. The number of hydrogen-bond acceptors (Lipinski definition) is 6. The topological polar surface area (TPSA) is 95.7 Å². The van der Waals surface area contributed by atoms with E-state index < -0.39 is 17.6 Å². The first-order valence-electron chi connectivity index (χ1n) is 14.3. The molecule has 1 N–H and O–H groups in total. The third-order valence-electron chi connectivity index (χ3n) is 8.08. The van der Waals surface area contributed by atoms with Crippen LogP contribution in [0.25, 0.3) is 22.3 Å². The Morgan fingerprint density at radius 2 is 1.89 bits per heavy atom. The zero-order valence-electron chi connectivity index (χ0n) is 24.8. The van der Waals surface area contributed by atoms with Crippen molar-refractivity contribution < 1.29 is 32.9 Å². The maximum Gasteiger partial charge on any atom is 0.335 e. The molecule has 1 saturated heterocycles. The summed E-state index contributed by atoms with van der Waals surface area (Å²) in [5.41, 5.74) is 2.01. The van der Waals surface area contributed by atoms with Gasteiger partial charge in [-0.25, -0.2) is 23.5 Å². The molecule has 1 fully saturated rings. The average molecular weight is 634 g/mol. The molecule has 1 atom stereocenters. The normalized spacial score (nSPS) is 15.8. The van der Waals surface area contributed by atoms with Gasteiger partial charge in [0.2, 0.25) is 5.88 Å². The predicted molar refractivity (Wildman–Crippen MR) is 165 cm³/mol. The molecule has 45 heavy (non-hydrogen) atoms. The number of imidazole rings is 1. The van der Waals surface area contributed by atoms with Crippen molar-refractivity contribution in [3.8, 4) is 22.9 Å². The molecular weight excluding hydrogens is 604 g/mol. The molecule has 1 unspecified atom stereocenters. The van der Waals surface area contributed by atoms with Crippen LogP contribution in [0.15, 0.2) is 66.7 Å². The molecule has 3 heterocycles. The maximum atomic E-state index is 15.7. The molecule has 232 valence electrons. The second-order valence-electron chi connectivity index (χ2n) is 11.6. The van der Waals surface area contributed by atoms with Gasteiger partial charge in [0.25, 0.3) is 0 Å². The number of fused-ring (bicyclic) bond motifs is 1. The molecule has 0 aliphatic carbocycles. The Balaban J connectivity index is 1.31. The van der Waals surface area contributed by atoms with E-state index in [-0.39, 0.29) is 52.7 Å². The van der Waals surface area contributed by atoms with E-state index in [0.717, 1.165) is 17.7 Å². The summed E-state index contributed by atoms with van der Waals surface area (Å²) in [5.74, 6) is -1.09. The van der Waals surface area contributed by atoms with Gasteiger partial charge >= 0.3 is 5.97 Å². The van der Waals surface area contributed by atoms with Gasteiger partial charge in [-0.2, -0.15) is 0 Å². The molecule has 0 spiro atoms. The van der Waals surface area contributed by atoms with Crippen LogP contribution in [-0.4, -0.2) is 45.9 Å². The van der Waals surface area contributed by atoms with E-state index >= 15 is 8.78 Å². The van der Waals surface area contributed by atoms with E-state index in [1.807, 2.05) is 18.4 Å². The van der Waals surface area contributed by atoms with Crippen LogP contribution in [0.2, 0.25) is 5.02 Å². The summed E-state index contributed by atoms with van der Waals surface area (Å²) in [6, 6.07) is 16.8. The van der Waals surface area contributed by atoms with Gasteiger partial charge in [-0.1, -0.05) is 37.6 Å². The molecule has 3 aromatic carbocycles. The predicted octanol–water partition coefficient (Wildman–Crippen LogP) is 7.50. The van der Waals surface area contributed by atoms with Gasteiger partial charge in [0.1, 0.15) is 29.8 Å². The molecular formula is C34H30ClF2N3O5. The summed E-state index contributed by atoms with van der Waals surface area (Å²) in [4.78, 5) is 20.9. The van der Waals surface area contributed by atoms with Gasteiger partial charge in [0, 0.05) is 34.1 Å². The highest BCUT2D eigenvalue weighted by Gasteiger charge is 2.39. The van der Waals surface area contributed by atoms with Crippen molar-refractivity contribution in [1.82, 2.24) is 14.5 Å². The van der Waals surface area contributed by atoms with E-state index in [1.54, 1.807) is 48.5 Å². The number of hydrogen-bond donors (Lipinski definition) is 1. The lowest BCUT2D eigenvalue weighted by Gasteiger charge is -2.28. The number of carboxylic acids is 1. The first-order chi connectivity index (χ1) is 21.5. The second kappa shape index (κ2) is 12.1. The van der Waals surface area contributed by atoms with Crippen molar-refractivity contribution in [3.05, 3.63) is 106 Å².